The van der Waals surface area contributed by atoms with Crippen LogP contribution in [-0.4, -0.2) is 43.4 Å². The molecule has 1 aromatic rings. The Bertz CT molecular complexity index is 421. The summed E-state index contributed by atoms with van der Waals surface area (Å²) in [5.74, 6) is 0.934. The number of fused-ring (bicyclic) bond motifs is 1. The number of rotatable bonds is 5. The molecule has 1 atom stereocenters. The van der Waals surface area contributed by atoms with Gasteiger partial charge in [-0.25, -0.2) is 0 Å². The summed E-state index contributed by atoms with van der Waals surface area (Å²) in [6.07, 6.45) is 1.93. The minimum absolute atomic E-state index is 0.348. The molecular formula is C14H20ClNO2. The van der Waals surface area contributed by atoms with Crippen LogP contribution >= 0.6 is 11.6 Å². The minimum atomic E-state index is -0.348. The standard InChI is InChI=1S/C14H20ClNO2/c1-16(2)5-3-13(17)9-11-8-12(15)7-10-4-6-18-14(10)11/h7-8,13,17H,3-6,9H2,1-2H3. The Balaban J connectivity index is 2.05. The monoisotopic (exact) mass is 269 g/mol. The predicted molar refractivity (Wildman–Crippen MR) is 73.5 cm³/mol. The van der Waals surface area contributed by atoms with Gasteiger partial charge in [-0.15, -0.1) is 0 Å². The van der Waals surface area contributed by atoms with Gasteiger partial charge in [-0.3, -0.25) is 0 Å². The Morgan fingerprint density at radius 3 is 2.94 bits per heavy atom. The molecule has 0 aromatic heterocycles. The van der Waals surface area contributed by atoms with Gasteiger partial charge in [-0.1, -0.05) is 11.6 Å². The summed E-state index contributed by atoms with van der Waals surface area (Å²) < 4.78 is 5.63. The maximum Gasteiger partial charge on any atom is 0.126 e. The summed E-state index contributed by atoms with van der Waals surface area (Å²) in [6, 6.07) is 3.87. The van der Waals surface area contributed by atoms with Crippen molar-refractivity contribution in [1.29, 1.82) is 0 Å². The molecule has 0 radical (unpaired) electrons. The van der Waals surface area contributed by atoms with Crippen LogP contribution in [0.3, 0.4) is 0 Å². The van der Waals surface area contributed by atoms with Crippen LogP contribution < -0.4 is 4.74 Å². The highest BCUT2D eigenvalue weighted by atomic mass is 35.5. The number of nitrogens with zero attached hydrogens (tertiary/aromatic N) is 1. The number of benzene rings is 1. The van der Waals surface area contributed by atoms with Crippen molar-refractivity contribution in [2.45, 2.75) is 25.4 Å². The van der Waals surface area contributed by atoms with E-state index in [-0.39, 0.29) is 6.10 Å². The molecule has 4 heteroatoms. The van der Waals surface area contributed by atoms with Gasteiger partial charge in [0.2, 0.25) is 0 Å². The molecule has 2 rings (SSSR count). The first-order valence-electron chi connectivity index (χ1n) is 6.33. The fraction of sp³-hybridized carbons (Fsp3) is 0.571. The summed E-state index contributed by atoms with van der Waals surface area (Å²) in [5.41, 5.74) is 2.19. The lowest BCUT2D eigenvalue weighted by atomic mass is 10.0. The lowest BCUT2D eigenvalue weighted by molar-refractivity contribution is 0.151. The van der Waals surface area contributed by atoms with Crippen LogP contribution in [0.25, 0.3) is 0 Å². The number of halogens is 1. The molecule has 1 aliphatic heterocycles. The summed E-state index contributed by atoms with van der Waals surface area (Å²) >= 11 is 6.09. The van der Waals surface area contributed by atoms with Crippen molar-refractivity contribution in [3.05, 3.63) is 28.3 Å². The van der Waals surface area contributed by atoms with Crippen molar-refractivity contribution in [2.24, 2.45) is 0 Å². The first-order chi connectivity index (χ1) is 8.56. The van der Waals surface area contributed by atoms with Crippen molar-refractivity contribution >= 4 is 11.6 Å². The Hall–Kier alpha value is -0.770. The van der Waals surface area contributed by atoms with Crippen LogP contribution in [-0.2, 0) is 12.8 Å². The Morgan fingerprint density at radius 1 is 1.44 bits per heavy atom. The first-order valence-corrected chi connectivity index (χ1v) is 6.71. The van der Waals surface area contributed by atoms with Crippen molar-refractivity contribution in [1.82, 2.24) is 4.90 Å². The number of hydrogen-bond donors (Lipinski definition) is 1. The second kappa shape index (κ2) is 5.91. The molecule has 0 bridgehead atoms. The lowest BCUT2D eigenvalue weighted by Gasteiger charge is -2.16. The molecule has 1 unspecified atom stereocenters. The second-order valence-electron chi connectivity index (χ2n) is 5.10. The summed E-state index contributed by atoms with van der Waals surface area (Å²) in [6.45, 7) is 1.60. The van der Waals surface area contributed by atoms with E-state index in [9.17, 15) is 5.11 Å². The van der Waals surface area contributed by atoms with E-state index in [1.165, 1.54) is 0 Å². The van der Waals surface area contributed by atoms with E-state index in [0.29, 0.717) is 6.42 Å². The Labute approximate surface area is 113 Å². The maximum atomic E-state index is 10.0. The molecule has 100 valence electrons. The van der Waals surface area contributed by atoms with Gasteiger partial charge in [0.05, 0.1) is 12.7 Å². The second-order valence-corrected chi connectivity index (χ2v) is 5.54. The smallest absolute Gasteiger partial charge is 0.126 e. The van der Waals surface area contributed by atoms with Gasteiger partial charge in [0.25, 0.3) is 0 Å². The van der Waals surface area contributed by atoms with E-state index in [1.807, 2.05) is 26.2 Å². The maximum absolute atomic E-state index is 10.0. The molecule has 18 heavy (non-hydrogen) atoms. The molecule has 0 spiro atoms. The highest BCUT2D eigenvalue weighted by molar-refractivity contribution is 6.30. The summed E-state index contributed by atoms with van der Waals surface area (Å²) in [4.78, 5) is 2.07. The molecule has 0 amide bonds. The Morgan fingerprint density at radius 2 is 2.22 bits per heavy atom. The molecule has 3 nitrogen and oxygen atoms in total. The summed E-state index contributed by atoms with van der Waals surface area (Å²) in [7, 11) is 4.01. The molecule has 0 saturated carbocycles. The van der Waals surface area contributed by atoms with Crippen LogP contribution in [0.1, 0.15) is 17.5 Å². The van der Waals surface area contributed by atoms with Crippen molar-refractivity contribution in [3.63, 3.8) is 0 Å². The van der Waals surface area contributed by atoms with E-state index in [4.69, 9.17) is 16.3 Å². The third-order valence-corrected chi connectivity index (χ3v) is 3.41. The highest BCUT2D eigenvalue weighted by Gasteiger charge is 2.19. The van der Waals surface area contributed by atoms with Crippen LogP contribution in [0.5, 0.6) is 5.75 Å². The molecule has 0 saturated heterocycles. The van der Waals surface area contributed by atoms with Gasteiger partial charge in [0.1, 0.15) is 5.75 Å². The van der Waals surface area contributed by atoms with E-state index < -0.39 is 0 Å². The van der Waals surface area contributed by atoms with Gasteiger partial charge in [0, 0.05) is 17.9 Å². The molecule has 0 fully saturated rings. The number of ether oxygens (including phenoxy) is 1. The minimum Gasteiger partial charge on any atom is -0.493 e. The van der Waals surface area contributed by atoms with Crippen molar-refractivity contribution in [2.75, 3.05) is 27.2 Å². The SMILES string of the molecule is CN(C)CCC(O)Cc1cc(Cl)cc2c1OCC2. The van der Waals surface area contributed by atoms with Crippen molar-refractivity contribution < 1.29 is 9.84 Å². The number of aliphatic hydroxyl groups is 1. The molecule has 1 aromatic carbocycles. The zero-order valence-corrected chi connectivity index (χ0v) is 11.7. The van der Waals surface area contributed by atoms with Crippen LogP contribution in [0.15, 0.2) is 12.1 Å². The van der Waals surface area contributed by atoms with E-state index in [0.717, 1.165) is 47.9 Å². The van der Waals surface area contributed by atoms with Gasteiger partial charge in [0.15, 0.2) is 0 Å². The van der Waals surface area contributed by atoms with Gasteiger partial charge in [-0.2, -0.15) is 0 Å². The van der Waals surface area contributed by atoms with E-state index in [2.05, 4.69) is 4.90 Å². The zero-order valence-electron chi connectivity index (χ0n) is 10.9. The molecular weight excluding hydrogens is 250 g/mol. The molecule has 0 aliphatic carbocycles. The van der Waals surface area contributed by atoms with Crippen LogP contribution in [0.4, 0.5) is 0 Å². The third-order valence-electron chi connectivity index (χ3n) is 3.19. The normalized spacial score (nSPS) is 15.6. The van der Waals surface area contributed by atoms with Crippen molar-refractivity contribution in [3.8, 4) is 5.75 Å². The fourth-order valence-electron chi connectivity index (χ4n) is 2.26. The quantitative estimate of drug-likeness (QED) is 0.889. The largest absolute Gasteiger partial charge is 0.493 e. The average molecular weight is 270 g/mol. The number of hydrogen-bond acceptors (Lipinski definition) is 3. The topological polar surface area (TPSA) is 32.7 Å². The molecule has 1 N–H and O–H groups in total. The lowest BCUT2D eigenvalue weighted by Crippen LogP contribution is -2.21. The Kier molecular flexibility index (Phi) is 4.49. The molecule has 1 aliphatic rings. The van der Waals surface area contributed by atoms with Gasteiger partial charge >= 0.3 is 0 Å². The zero-order chi connectivity index (χ0) is 13.1. The van der Waals surface area contributed by atoms with E-state index in [1.54, 1.807) is 0 Å². The number of aliphatic hydroxyl groups excluding tert-OH is 1. The first kappa shape index (κ1) is 13.7. The fourth-order valence-corrected chi connectivity index (χ4v) is 2.52. The predicted octanol–water partition coefficient (Wildman–Crippen LogP) is 2.13. The molecule has 1 heterocycles. The van der Waals surface area contributed by atoms with Gasteiger partial charge < -0.3 is 14.7 Å². The van der Waals surface area contributed by atoms with Crippen LogP contribution in [0.2, 0.25) is 5.02 Å². The van der Waals surface area contributed by atoms with Gasteiger partial charge in [-0.05, 0) is 50.3 Å². The third kappa shape index (κ3) is 3.37. The average Bonchev–Trinajstić information content (AvgIpc) is 2.74. The highest BCUT2D eigenvalue weighted by Crippen LogP contribution is 2.33. The summed E-state index contributed by atoms with van der Waals surface area (Å²) in [5, 5.41) is 10.8. The van der Waals surface area contributed by atoms with Crippen LogP contribution in [0, 0.1) is 0 Å². The van der Waals surface area contributed by atoms with E-state index >= 15 is 0 Å².